The average molecular weight is 345 g/mol. The molecule has 0 saturated carbocycles. The number of nitrogens with zero attached hydrogens (tertiary/aromatic N) is 2. The van der Waals surface area contributed by atoms with Gasteiger partial charge in [0.1, 0.15) is 23.4 Å². The molecule has 0 aliphatic rings. The fourth-order valence-electron chi connectivity index (χ4n) is 3.01. The molecule has 2 atom stereocenters. The molecule has 0 spiro atoms. The number of fused-ring (bicyclic) bond motifs is 1. The quantitative estimate of drug-likeness (QED) is 0.592. The van der Waals surface area contributed by atoms with E-state index in [1.807, 2.05) is 67.6 Å². The Bertz CT molecular complexity index is 973. The topological polar surface area (TPSA) is 60.1 Å². The van der Waals surface area contributed by atoms with E-state index in [9.17, 15) is 4.79 Å². The molecule has 130 valence electrons. The first-order chi connectivity index (χ1) is 12.7. The molecule has 4 aromatic rings. The van der Waals surface area contributed by atoms with Gasteiger partial charge in [-0.1, -0.05) is 48.5 Å². The van der Waals surface area contributed by atoms with Crippen molar-refractivity contribution >= 4 is 16.9 Å². The van der Waals surface area contributed by atoms with Crippen LogP contribution in [0.1, 0.15) is 30.3 Å². The van der Waals surface area contributed by atoms with Crippen molar-refractivity contribution in [1.29, 1.82) is 0 Å². The monoisotopic (exact) mass is 345 g/mol. The molecule has 2 aromatic carbocycles. The highest BCUT2D eigenvalue weighted by atomic mass is 16.3. The highest BCUT2D eigenvalue weighted by Gasteiger charge is 2.24. The Hall–Kier alpha value is -3.34. The van der Waals surface area contributed by atoms with Gasteiger partial charge in [0.25, 0.3) is 0 Å². The lowest BCUT2D eigenvalue weighted by Crippen LogP contribution is -2.34. The van der Waals surface area contributed by atoms with Gasteiger partial charge in [0.2, 0.25) is 5.91 Å². The molecule has 5 heteroatoms. The zero-order valence-electron chi connectivity index (χ0n) is 14.4. The van der Waals surface area contributed by atoms with Crippen LogP contribution < -0.4 is 5.32 Å². The number of carbonyl (C=O) groups excluding carboxylic acids is 1. The number of rotatable bonds is 5. The third kappa shape index (κ3) is 3.11. The fraction of sp³-hybridized carbons (Fsp3) is 0.143. The third-order valence-electron chi connectivity index (χ3n) is 4.50. The number of aromatic nitrogens is 2. The standard InChI is InChI=1S/C21H19N3O2/c1-15(24-12-11-22-14-24)21(25)23-20(16-7-3-2-4-8-16)19-13-17-9-5-6-10-18(17)26-19/h2-15,20H,1H3,(H,23,25). The van der Waals surface area contributed by atoms with Crippen molar-refractivity contribution in [3.8, 4) is 0 Å². The van der Waals surface area contributed by atoms with Gasteiger partial charge in [-0.05, 0) is 24.6 Å². The molecule has 2 aromatic heterocycles. The summed E-state index contributed by atoms with van der Waals surface area (Å²) < 4.78 is 7.80. The van der Waals surface area contributed by atoms with E-state index in [0.717, 1.165) is 16.5 Å². The summed E-state index contributed by atoms with van der Waals surface area (Å²) in [5, 5.41) is 4.13. The number of hydrogen-bond donors (Lipinski definition) is 1. The zero-order valence-corrected chi connectivity index (χ0v) is 14.4. The van der Waals surface area contributed by atoms with Crippen LogP contribution in [0.2, 0.25) is 0 Å². The molecule has 0 bridgehead atoms. The van der Waals surface area contributed by atoms with Crippen molar-refractivity contribution in [2.24, 2.45) is 0 Å². The SMILES string of the molecule is CC(C(=O)NC(c1ccccc1)c1cc2ccccc2o1)n1ccnc1. The number of carbonyl (C=O) groups is 1. The highest BCUT2D eigenvalue weighted by molar-refractivity contribution is 5.82. The van der Waals surface area contributed by atoms with Crippen LogP contribution in [0.4, 0.5) is 0 Å². The Balaban J connectivity index is 1.68. The largest absolute Gasteiger partial charge is 0.459 e. The number of hydrogen-bond acceptors (Lipinski definition) is 3. The maximum absolute atomic E-state index is 12.8. The summed E-state index contributed by atoms with van der Waals surface area (Å²) >= 11 is 0. The van der Waals surface area contributed by atoms with Gasteiger partial charge in [-0.2, -0.15) is 0 Å². The van der Waals surface area contributed by atoms with Gasteiger partial charge >= 0.3 is 0 Å². The third-order valence-corrected chi connectivity index (χ3v) is 4.50. The lowest BCUT2D eigenvalue weighted by molar-refractivity contribution is -0.124. The van der Waals surface area contributed by atoms with E-state index < -0.39 is 0 Å². The van der Waals surface area contributed by atoms with Gasteiger partial charge in [0, 0.05) is 17.8 Å². The Morgan fingerprint density at radius 3 is 2.62 bits per heavy atom. The van der Waals surface area contributed by atoms with Gasteiger partial charge in [0.05, 0.1) is 6.33 Å². The normalized spacial score (nSPS) is 13.4. The summed E-state index contributed by atoms with van der Waals surface area (Å²) in [6.07, 6.45) is 5.09. The second kappa shape index (κ2) is 6.88. The number of furan rings is 1. The lowest BCUT2D eigenvalue weighted by atomic mass is 10.0. The second-order valence-corrected chi connectivity index (χ2v) is 6.22. The van der Waals surface area contributed by atoms with E-state index in [-0.39, 0.29) is 18.0 Å². The zero-order chi connectivity index (χ0) is 17.9. The van der Waals surface area contributed by atoms with Crippen LogP contribution in [0, 0.1) is 0 Å². The van der Waals surface area contributed by atoms with Crippen molar-refractivity contribution < 1.29 is 9.21 Å². The van der Waals surface area contributed by atoms with Gasteiger partial charge in [-0.3, -0.25) is 4.79 Å². The van der Waals surface area contributed by atoms with Crippen LogP contribution in [0.15, 0.2) is 83.8 Å². The number of nitrogens with one attached hydrogen (secondary N) is 1. The molecular formula is C21H19N3O2. The molecule has 1 amide bonds. The van der Waals surface area contributed by atoms with Gasteiger partial charge in [0.15, 0.2) is 0 Å². The number of para-hydroxylation sites is 1. The van der Waals surface area contributed by atoms with Gasteiger partial charge in [-0.15, -0.1) is 0 Å². The Labute approximate surface area is 151 Å². The second-order valence-electron chi connectivity index (χ2n) is 6.22. The minimum atomic E-state index is -0.368. The number of imidazole rings is 1. The number of amides is 1. The molecule has 1 N–H and O–H groups in total. The summed E-state index contributed by atoms with van der Waals surface area (Å²) in [4.78, 5) is 16.8. The summed E-state index contributed by atoms with van der Waals surface area (Å²) in [6.45, 7) is 1.84. The molecule has 2 heterocycles. The molecule has 0 aliphatic carbocycles. The van der Waals surface area contributed by atoms with Crippen LogP contribution in [0.3, 0.4) is 0 Å². The van der Waals surface area contributed by atoms with E-state index in [1.54, 1.807) is 23.3 Å². The predicted octanol–water partition coefficient (Wildman–Crippen LogP) is 4.10. The van der Waals surface area contributed by atoms with Crippen LogP contribution in [0.25, 0.3) is 11.0 Å². The van der Waals surface area contributed by atoms with Crippen molar-refractivity contribution in [2.45, 2.75) is 19.0 Å². The van der Waals surface area contributed by atoms with E-state index >= 15 is 0 Å². The first-order valence-electron chi connectivity index (χ1n) is 8.53. The maximum Gasteiger partial charge on any atom is 0.243 e. The van der Waals surface area contributed by atoms with Crippen molar-refractivity contribution in [3.63, 3.8) is 0 Å². The van der Waals surface area contributed by atoms with Crippen molar-refractivity contribution in [3.05, 3.63) is 90.7 Å². The van der Waals surface area contributed by atoms with Crippen LogP contribution in [-0.4, -0.2) is 15.5 Å². The Morgan fingerprint density at radius 2 is 1.88 bits per heavy atom. The van der Waals surface area contributed by atoms with Crippen molar-refractivity contribution in [2.75, 3.05) is 0 Å². The molecule has 2 unspecified atom stereocenters. The summed E-state index contributed by atoms with van der Waals surface area (Å²) in [5.74, 6) is 0.612. The number of benzene rings is 2. The van der Waals surface area contributed by atoms with E-state index in [4.69, 9.17) is 4.42 Å². The van der Waals surface area contributed by atoms with Gasteiger partial charge in [-0.25, -0.2) is 4.98 Å². The van der Waals surface area contributed by atoms with E-state index in [2.05, 4.69) is 10.3 Å². The molecular weight excluding hydrogens is 326 g/mol. The summed E-state index contributed by atoms with van der Waals surface area (Å²) in [7, 11) is 0. The smallest absolute Gasteiger partial charge is 0.243 e. The molecule has 0 radical (unpaired) electrons. The molecule has 4 rings (SSSR count). The first kappa shape index (κ1) is 16.1. The molecule has 0 fully saturated rings. The highest BCUT2D eigenvalue weighted by Crippen LogP contribution is 2.28. The summed E-state index contributed by atoms with van der Waals surface area (Å²) in [6, 6.07) is 18.9. The van der Waals surface area contributed by atoms with E-state index in [1.165, 1.54) is 0 Å². The average Bonchev–Trinajstić information content (AvgIpc) is 3.35. The van der Waals surface area contributed by atoms with Crippen LogP contribution in [-0.2, 0) is 4.79 Å². The van der Waals surface area contributed by atoms with Crippen LogP contribution >= 0.6 is 0 Å². The Kier molecular flexibility index (Phi) is 4.27. The molecule has 0 saturated heterocycles. The predicted molar refractivity (Wildman–Crippen MR) is 99.6 cm³/mol. The first-order valence-corrected chi connectivity index (χ1v) is 8.53. The van der Waals surface area contributed by atoms with Gasteiger partial charge < -0.3 is 14.3 Å². The molecule has 5 nitrogen and oxygen atoms in total. The minimum absolute atomic E-state index is 0.0997. The maximum atomic E-state index is 12.8. The van der Waals surface area contributed by atoms with Crippen LogP contribution in [0.5, 0.6) is 0 Å². The minimum Gasteiger partial charge on any atom is -0.459 e. The Morgan fingerprint density at radius 1 is 1.12 bits per heavy atom. The fourth-order valence-corrected chi connectivity index (χ4v) is 3.01. The molecule has 0 aliphatic heterocycles. The van der Waals surface area contributed by atoms with E-state index in [0.29, 0.717) is 5.76 Å². The lowest BCUT2D eigenvalue weighted by Gasteiger charge is -2.20. The van der Waals surface area contributed by atoms with Crippen molar-refractivity contribution in [1.82, 2.24) is 14.9 Å². The molecule has 26 heavy (non-hydrogen) atoms. The summed E-state index contributed by atoms with van der Waals surface area (Å²) in [5.41, 5.74) is 1.78.